The Morgan fingerprint density at radius 1 is 0.467 bits per heavy atom. The first-order valence-electron chi connectivity index (χ1n) is 23.9. The molecule has 4 aromatic carbocycles. The predicted molar refractivity (Wildman–Crippen MR) is 304 cm³/mol. The van der Waals surface area contributed by atoms with E-state index in [1.54, 1.807) is 0 Å². The average molecular weight is 1330 g/mol. The molecule has 6 nitrogen and oxygen atoms in total. The normalized spacial score (nSPS) is 10.0. The first-order valence-corrected chi connectivity index (χ1v) is 23.9. The van der Waals surface area contributed by atoms with Gasteiger partial charge in [-0.2, -0.15) is 0 Å². The summed E-state index contributed by atoms with van der Waals surface area (Å²) >= 11 is 0. The minimum Gasteiger partial charge on any atom is -0.358 e. The van der Waals surface area contributed by atoms with Crippen LogP contribution < -0.4 is 0 Å². The molecule has 0 saturated carbocycles. The van der Waals surface area contributed by atoms with Crippen LogP contribution in [0.5, 0.6) is 0 Å². The van der Waals surface area contributed by atoms with Gasteiger partial charge in [0.2, 0.25) is 0 Å². The molecule has 75 heavy (non-hydrogen) atoms. The fraction of sp³-hybridized carbons (Fsp3) is 0.194. The summed E-state index contributed by atoms with van der Waals surface area (Å²) in [5.74, 6) is 29.4. The van der Waals surface area contributed by atoms with Crippen molar-refractivity contribution in [2.45, 2.75) is 86.5 Å². The van der Waals surface area contributed by atoms with Crippen molar-refractivity contribution in [2.24, 2.45) is 0 Å². The van der Waals surface area contributed by atoms with Crippen molar-refractivity contribution in [3.05, 3.63) is 163 Å². The fourth-order valence-electron chi connectivity index (χ4n) is 9.19. The number of benzene rings is 4. The van der Waals surface area contributed by atoms with Gasteiger partial charge < -0.3 is 10.8 Å². The second kappa shape index (κ2) is 26.7. The summed E-state index contributed by atoms with van der Waals surface area (Å²) in [7, 11) is 0. The summed E-state index contributed by atoms with van der Waals surface area (Å²) in [5, 5.41) is 4.39. The van der Waals surface area contributed by atoms with Crippen molar-refractivity contribution in [2.75, 3.05) is 0 Å². The first kappa shape index (κ1) is 57.7. The van der Waals surface area contributed by atoms with Gasteiger partial charge in [0.25, 0.3) is 0 Å². The zero-order valence-electron chi connectivity index (χ0n) is 42.4. The Kier molecular flexibility index (Phi) is 20.5. The molecule has 0 bridgehead atoms. The van der Waals surface area contributed by atoms with E-state index < -0.39 is 0 Å². The van der Waals surface area contributed by atoms with Crippen molar-refractivity contribution in [3.8, 4) is 100.0 Å². The minimum absolute atomic E-state index is 0. The van der Waals surface area contributed by atoms with Crippen LogP contribution in [0.2, 0.25) is 0 Å². The van der Waals surface area contributed by atoms with Crippen molar-refractivity contribution in [1.29, 1.82) is 0 Å². The quantitative estimate of drug-likeness (QED) is 0.0946. The molecule has 0 unspecified atom stereocenters. The number of hydrogen-bond acceptors (Lipinski definition) is 4. The average Bonchev–Trinajstić information content (AvgIpc) is 4.06. The smallest absolute Gasteiger partial charge is 0.145 e. The fourth-order valence-corrected chi connectivity index (χ4v) is 9.19. The van der Waals surface area contributed by atoms with E-state index in [1.165, 1.54) is 33.4 Å². The second-order valence-corrected chi connectivity index (χ2v) is 18.1. The van der Waals surface area contributed by atoms with Gasteiger partial charge in [0.05, 0.1) is 45.3 Å². The summed E-state index contributed by atoms with van der Waals surface area (Å²) in [4.78, 5) is 19.2. The van der Waals surface area contributed by atoms with E-state index in [0.29, 0.717) is 23.7 Å². The molecular weight excluding hydrogens is 1270 g/mol. The number of aromatic nitrogens is 6. The Morgan fingerprint density at radius 2 is 0.880 bits per heavy atom. The summed E-state index contributed by atoms with van der Waals surface area (Å²) in [5.41, 5.74) is 16.4. The number of imidazole rings is 2. The largest absolute Gasteiger partial charge is 0.358 e. The molecular formula is C67H54Ir2N6-2. The van der Waals surface area contributed by atoms with Crippen LogP contribution in [0, 0.1) is 90.0 Å². The predicted octanol–water partition coefficient (Wildman–Crippen LogP) is 14.6. The molecule has 6 aromatic heterocycles. The van der Waals surface area contributed by atoms with Gasteiger partial charge in [0.15, 0.2) is 0 Å². The van der Waals surface area contributed by atoms with Gasteiger partial charge >= 0.3 is 0 Å². The summed E-state index contributed by atoms with van der Waals surface area (Å²) in [6, 6.07) is 39.6. The third-order valence-corrected chi connectivity index (χ3v) is 12.3. The Balaban J connectivity index is 0.000000217. The van der Waals surface area contributed by atoms with E-state index >= 15 is 0 Å². The number of hydrogen-bond donors (Lipinski definition) is 0. The van der Waals surface area contributed by atoms with Crippen molar-refractivity contribution < 1.29 is 40.2 Å². The van der Waals surface area contributed by atoms with E-state index in [1.807, 2.05) is 55.0 Å². The van der Waals surface area contributed by atoms with Gasteiger partial charge in [-0.25, -0.2) is 10.9 Å². The molecule has 0 fully saturated rings. The molecule has 2 radical (unpaired) electrons. The van der Waals surface area contributed by atoms with Gasteiger partial charge in [-0.15, -0.1) is 36.6 Å². The molecule has 0 spiro atoms. The molecule has 8 heteroatoms. The monoisotopic (exact) mass is 1330 g/mol. The third kappa shape index (κ3) is 12.1. The van der Waals surface area contributed by atoms with Crippen LogP contribution in [-0.4, -0.2) is 28.7 Å². The number of pyridine rings is 4. The van der Waals surface area contributed by atoms with Crippen LogP contribution in [0.15, 0.2) is 128 Å². The van der Waals surface area contributed by atoms with Gasteiger partial charge in [-0.05, 0) is 123 Å². The van der Waals surface area contributed by atoms with E-state index in [0.717, 1.165) is 66.3 Å². The summed E-state index contributed by atoms with van der Waals surface area (Å²) < 4.78 is 4.58. The van der Waals surface area contributed by atoms with Crippen LogP contribution in [0.1, 0.15) is 109 Å². The van der Waals surface area contributed by atoms with E-state index in [4.69, 9.17) is 32.8 Å². The maximum atomic E-state index is 6.43. The van der Waals surface area contributed by atoms with Crippen LogP contribution in [0.4, 0.5) is 0 Å². The van der Waals surface area contributed by atoms with Crippen LogP contribution in [-0.2, 0) is 40.2 Å². The van der Waals surface area contributed by atoms with Crippen molar-refractivity contribution in [1.82, 2.24) is 28.7 Å². The standard InChI is InChI=1S/C26H25N3.C26H24N3.C14H.CH4.2Ir/c2*1-16(2)18-11-7-12-19(17(3)4)24(18)23-15-28-26-21-10-6-5-9-20(21)25-22(29(23)26)13-8-14-27-25;1-3-5-7-9-11-13-14-12-10-8-6-4-2;;;/h5-17H,1-4H3;5-9,11-17H,1-4H3;1H;1H4;;/q;2*-1;;;. The molecule has 10 aromatic rings. The maximum Gasteiger partial charge on any atom is 0.145 e. The number of nitrogens with zero attached hydrogens (tertiary/aromatic N) is 6. The zero-order chi connectivity index (χ0) is 50.7. The molecule has 0 atom stereocenters. The van der Waals surface area contributed by atoms with Crippen molar-refractivity contribution >= 4 is 54.9 Å². The molecule has 10 rings (SSSR count). The topological polar surface area (TPSA) is 60.4 Å². The summed E-state index contributed by atoms with van der Waals surface area (Å²) in [6.07, 6.45) is 19.1. The summed E-state index contributed by atoms with van der Waals surface area (Å²) in [6.45, 7) is 18.1. The minimum atomic E-state index is 0. The Morgan fingerprint density at radius 3 is 1.35 bits per heavy atom. The maximum absolute atomic E-state index is 6.43. The molecule has 0 saturated heterocycles. The van der Waals surface area contributed by atoms with E-state index in [-0.39, 0.29) is 47.6 Å². The molecule has 0 aliphatic rings. The van der Waals surface area contributed by atoms with Gasteiger partial charge in [-0.1, -0.05) is 134 Å². The molecule has 0 aliphatic heterocycles. The third-order valence-electron chi connectivity index (χ3n) is 12.3. The Labute approximate surface area is 469 Å². The van der Waals surface area contributed by atoms with Gasteiger partial charge in [0, 0.05) is 80.7 Å². The van der Waals surface area contributed by atoms with Crippen LogP contribution in [0.25, 0.3) is 77.4 Å². The van der Waals surface area contributed by atoms with Crippen molar-refractivity contribution in [3.63, 3.8) is 0 Å². The van der Waals surface area contributed by atoms with Crippen LogP contribution >= 0.6 is 0 Å². The number of fused-ring (bicyclic) bond motifs is 12. The van der Waals surface area contributed by atoms with Gasteiger partial charge in [0.1, 0.15) is 5.65 Å². The van der Waals surface area contributed by atoms with E-state index in [2.05, 4.69) is 214 Å². The SMILES string of the molecule is C.CC(C)c1cccc(C(C)C)c1-c1cnc2c3[c-]cccc3c3ncccc3n12.CC(C)c1cccc(C(C)C)c1-c1cnc2c3ccccc3c3ncccc3n12.[C-]#CC#CC#CC#CC#CC#CC#C.[Ir].[Ir]. The van der Waals surface area contributed by atoms with E-state index in [9.17, 15) is 0 Å². The number of rotatable bonds is 6. The molecule has 372 valence electrons. The molecule has 0 amide bonds. The Hall–Kier alpha value is -8.18. The van der Waals surface area contributed by atoms with Gasteiger partial charge in [-0.3, -0.25) is 25.3 Å². The zero-order valence-corrected chi connectivity index (χ0v) is 47.2. The molecule has 0 aliphatic carbocycles. The molecule has 6 heterocycles. The van der Waals surface area contributed by atoms with Crippen LogP contribution in [0.3, 0.4) is 0 Å². The first-order chi connectivity index (χ1) is 35.1. The second-order valence-electron chi connectivity index (χ2n) is 18.1. The Bertz CT molecular complexity index is 3820. The molecule has 0 N–H and O–H groups in total. The number of terminal acetylenes is 1.